The van der Waals surface area contributed by atoms with E-state index in [0.29, 0.717) is 12.6 Å². The number of nitrogens with zero attached hydrogens (tertiary/aromatic N) is 1. The summed E-state index contributed by atoms with van der Waals surface area (Å²) in [6.07, 6.45) is 2.30. The van der Waals surface area contributed by atoms with Crippen molar-refractivity contribution in [3.05, 3.63) is 28.8 Å². The number of anilines is 1. The van der Waals surface area contributed by atoms with Gasteiger partial charge in [0.05, 0.1) is 0 Å². The third-order valence-corrected chi connectivity index (χ3v) is 3.84. The Morgan fingerprint density at radius 3 is 2.88 bits per heavy atom. The maximum atomic E-state index is 11.6. The lowest BCUT2D eigenvalue weighted by Crippen LogP contribution is -2.35. The maximum absolute atomic E-state index is 11.6. The first-order valence-corrected chi connectivity index (χ1v) is 6.38. The number of hydrogen-bond donors (Lipinski definition) is 1. The highest BCUT2D eigenvalue weighted by Crippen LogP contribution is 2.34. The van der Waals surface area contributed by atoms with Crippen molar-refractivity contribution in [3.8, 4) is 0 Å². The van der Waals surface area contributed by atoms with Gasteiger partial charge in [-0.25, -0.2) is 0 Å². The quantitative estimate of drug-likeness (QED) is 0.801. The van der Waals surface area contributed by atoms with Crippen LogP contribution in [-0.4, -0.2) is 18.5 Å². The molecule has 90 valence electrons. The molecule has 0 saturated heterocycles. The normalized spacial score (nSPS) is 18.1. The molecule has 0 atom stereocenters. The molecule has 17 heavy (non-hydrogen) atoms. The van der Waals surface area contributed by atoms with Crippen LogP contribution >= 0.6 is 0 Å². The lowest BCUT2D eigenvalue weighted by molar-refractivity contribution is 0.0966. The Morgan fingerprint density at radius 1 is 1.29 bits per heavy atom. The summed E-state index contributed by atoms with van der Waals surface area (Å²) in [6.45, 7) is 6.30. The second-order valence-electron chi connectivity index (χ2n) is 5.16. The number of hydrogen-bond acceptors (Lipinski definition) is 2. The Kier molecular flexibility index (Phi) is 2.35. The summed E-state index contributed by atoms with van der Waals surface area (Å²) in [5, 5.41) is 2.92. The average Bonchev–Trinajstić information content (AvgIpc) is 2.70. The minimum atomic E-state index is 0.0875. The van der Waals surface area contributed by atoms with Gasteiger partial charge < -0.3 is 10.2 Å². The molecule has 1 aromatic rings. The van der Waals surface area contributed by atoms with Crippen LogP contribution in [0.15, 0.2) is 12.1 Å². The fourth-order valence-electron chi connectivity index (χ4n) is 2.99. The fraction of sp³-hybridized carbons (Fsp3) is 0.500. The van der Waals surface area contributed by atoms with E-state index in [-0.39, 0.29) is 5.91 Å². The molecule has 2 heterocycles. The van der Waals surface area contributed by atoms with Crippen LogP contribution in [0.5, 0.6) is 0 Å². The van der Waals surface area contributed by atoms with Crippen molar-refractivity contribution in [2.45, 2.75) is 39.3 Å². The van der Waals surface area contributed by atoms with Gasteiger partial charge in [-0.1, -0.05) is 0 Å². The molecular weight excluding hydrogens is 212 g/mol. The number of nitrogens with one attached hydrogen (secondary N) is 1. The molecule has 1 N–H and O–H groups in total. The molecule has 1 amide bonds. The molecule has 2 aliphatic rings. The molecule has 3 nitrogen and oxygen atoms in total. The van der Waals surface area contributed by atoms with E-state index < -0.39 is 0 Å². The molecule has 0 bridgehead atoms. The minimum Gasteiger partial charge on any atom is -0.369 e. The summed E-state index contributed by atoms with van der Waals surface area (Å²) in [7, 11) is 0. The molecule has 0 saturated carbocycles. The van der Waals surface area contributed by atoms with Crippen molar-refractivity contribution >= 4 is 11.6 Å². The number of fused-ring (bicyclic) bond motifs is 3. The standard InChI is InChI=1S/C14H18N2O/c1-9(2)16-7-3-4-10-12-8-15-14(17)11(12)5-6-13(10)16/h5-6,9H,3-4,7-8H2,1-2H3,(H,15,17). The molecule has 0 aliphatic carbocycles. The van der Waals surface area contributed by atoms with Crippen LogP contribution in [0.3, 0.4) is 0 Å². The Labute approximate surface area is 102 Å². The van der Waals surface area contributed by atoms with E-state index in [4.69, 9.17) is 0 Å². The van der Waals surface area contributed by atoms with Gasteiger partial charge in [0.1, 0.15) is 0 Å². The van der Waals surface area contributed by atoms with Crippen LogP contribution in [0.4, 0.5) is 5.69 Å². The number of carbonyl (C=O) groups is 1. The highest BCUT2D eigenvalue weighted by molar-refractivity contribution is 5.99. The first-order valence-electron chi connectivity index (χ1n) is 6.38. The first-order chi connectivity index (χ1) is 8.18. The van der Waals surface area contributed by atoms with Gasteiger partial charge >= 0.3 is 0 Å². The molecule has 0 spiro atoms. The zero-order valence-corrected chi connectivity index (χ0v) is 10.4. The predicted octanol–water partition coefficient (Wildman–Crippen LogP) is 2.09. The summed E-state index contributed by atoms with van der Waals surface area (Å²) in [4.78, 5) is 14.1. The molecule has 0 unspecified atom stereocenters. The fourth-order valence-corrected chi connectivity index (χ4v) is 2.99. The maximum Gasteiger partial charge on any atom is 0.251 e. The highest BCUT2D eigenvalue weighted by Gasteiger charge is 2.27. The summed E-state index contributed by atoms with van der Waals surface area (Å²) in [5.41, 5.74) is 4.84. The van der Waals surface area contributed by atoms with E-state index in [1.807, 2.05) is 6.07 Å². The van der Waals surface area contributed by atoms with Gasteiger partial charge in [0.25, 0.3) is 5.91 Å². The zero-order chi connectivity index (χ0) is 12.0. The van der Waals surface area contributed by atoms with Crippen molar-refractivity contribution < 1.29 is 4.79 Å². The van der Waals surface area contributed by atoms with Crippen molar-refractivity contribution in [2.75, 3.05) is 11.4 Å². The van der Waals surface area contributed by atoms with Gasteiger partial charge in [0.15, 0.2) is 0 Å². The van der Waals surface area contributed by atoms with Crippen LogP contribution in [-0.2, 0) is 13.0 Å². The first kappa shape index (κ1) is 10.6. The SMILES string of the molecule is CC(C)N1CCCc2c1ccc1c2CNC1=O. The summed E-state index contributed by atoms with van der Waals surface area (Å²) >= 11 is 0. The number of carbonyl (C=O) groups excluding carboxylic acids is 1. The van der Waals surface area contributed by atoms with E-state index in [1.165, 1.54) is 23.2 Å². The van der Waals surface area contributed by atoms with E-state index in [0.717, 1.165) is 18.5 Å². The molecule has 1 aromatic carbocycles. The van der Waals surface area contributed by atoms with Gasteiger partial charge in [-0.15, -0.1) is 0 Å². The molecular formula is C14H18N2O. The monoisotopic (exact) mass is 230 g/mol. The smallest absolute Gasteiger partial charge is 0.251 e. The van der Waals surface area contributed by atoms with Gasteiger partial charge in [-0.3, -0.25) is 4.79 Å². The summed E-state index contributed by atoms with van der Waals surface area (Å²) in [5.74, 6) is 0.0875. The van der Waals surface area contributed by atoms with E-state index >= 15 is 0 Å². The molecule has 0 aromatic heterocycles. The lowest BCUT2D eigenvalue weighted by atomic mass is 9.93. The number of amides is 1. The van der Waals surface area contributed by atoms with Crippen LogP contribution in [0.2, 0.25) is 0 Å². The van der Waals surface area contributed by atoms with Gasteiger partial charge in [0, 0.05) is 30.4 Å². The van der Waals surface area contributed by atoms with Crippen molar-refractivity contribution in [3.63, 3.8) is 0 Å². The second kappa shape index (κ2) is 3.76. The Balaban J connectivity index is 2.13. The van der Waals surface area contributed by atoms with Crippen LogP contribution in [0.25, 0.3) is 0 Å². The number of rotatable bonds is 1. The van der Waals surface area contributed by atoms with Crippen molar-refractivity contribution in [1.29, 1.82) is 0 Å². The highest BCUT2D eigenvalue weighted by atomic mass is 16.1. The van der Waals surface area contributed by atoms with Crippen LogP contribution in [0.1, 0.15) is 41.8 Å². The second-order valence-corrected chi connectivity index (χ2v) is 5.16. The molecule has 3 heteroatoms. The van der Waals surface area contributed by atoms with Gasteiger partial charge in [0.2, 0.25) is 0 Å². The summed E-state index contributed by atoms with van der Waals surface area (Å²) in [6, 6.07) is 4.63. The predicted molar refractivity (Wildman–Crippen MR) is 68.4 cm³/mol. The van der Waals surface area contributed by atoms with Crippen LogP contribution < -0.4 is 10.2 Å². The topological polar surface area (TPSA) is 32.3 Å². The van der Waals surface area contributed by atoms with Gasteiger partial charge in [-0.05, 0) is 49.9 Å². The van der Waals surface area contributed by atoms with Crippen LogP contribution in [0, 0.1) is 0 Å². The summed E-state index contributed by atoms with van der Waals surface area (Å²) < 4.78 is 0. The Bertz CT molecular complexity index is 479. The Hall–Kier alpha value is -1.51. The van der Waals surface area contributed by atoms with E-state index in [2.05, 4.69) is 30.1 Å². The van der Waals surface area contributed by atoms with Crippen molar-refractivity contribution in [2.24, 2.45) is 0 Å². The third kappa shape index (κ3) is 1.53. The Morgan fingerprint density at radius 2 is 2.12 bits per heavy atom. The molecule has 0 radical (unpaired) electrons. The largest absolute Gasteiger partial charge is 0.369 e. The van der Waals surface area contributed by atoms with E-state index in [1.54, 1.807) is 0 Å². The minimum absolute atomic E-state index is 0.0875. The molecule has 3 rings (SSSR count). The van der Waals surface area contributed by atoms with E-state index in [9.17, 15) is 4.79 Å². The van der Waals surface area contributed by atoms with Crippen molar-refractivity contribution in [1.82, 2.24) is 5.32 Å². The molecule has 0 fully saturated rings. The lowest BCUT2D eigenvalue weighted by Gasteiger charge is -2.35. The average molecular weight is 230 g/mol. The third-order valence-electron chi connectivity index (χ3n) is 3.84. The molecule has 2 aliphatic heterocycles. The van der Waals surface area contributed by atoms with Gasteiger partial charge in [-0.2, -0.15) is 0 Å². The zero-order valence-electron chi connectivity index (χ0n) is 10.4. The number of benzene rings is 1.